The fraction of sp³-hybridized carbons (Fsp3) is 0.316. The van der Waals surface area contributed by atoms with Gasteiger partial charge in [-0.05, 0) is 48.9 Å². The van der Waals surface area contributed by atoms with Gasteiger partial charge < -0.3 is 14.5 Å². The van der Waals surface area contributed by atoms with Gasteiger partial charge in [-0.2, -0.15) is 0 Å². The van der Waals surface area contributed by atoms with E-state index < -0.39 is 0 Å². The Morgan fingerprint density at radius 2 is 1.83 bits per heavy atom. The van der Waals surface area contributed by atoms with Crippen LogP contribution in [0, 0.1) is 6.92 Å². The summed E-state index contributed by atoms with van der Waals surface area (Å²) in [6.45, 7) is 5.24. The molecule has 0 bridgehead atoms. The Hall–Kier alpha value is -2.01. The molecular formula is C19H21BrN2O2. The molecule has 0 atom stereocenters. The van der Waals surface area contributed by atoms with E-state index in [2.05, 4.69) is 46.0 Å². The Morgan fingerprint density at radius 3 is 2.50 bits per heavy atom. The van der Waals surface area contributed by atoms with Gasteiger partial charge in [0.05, 0.1) is 7.11 Å². The van der Waals surface area contributed by atoms with Crippen molar-refractivity contribution in [1.82, 2.24) is 4.90 Å². The van der Waals surface area contributed by atoms with Gasteiger partial charge in [-0.15, -0.1) is 0 Å². The van der Waals surface area contributed by atoms with Crippen LogP contribution in [0.2, 0.25) is 0 Å². The molecule has 0 unspecified atom stereocenters. The van der Waals surface area contributed by atoms with Crippen molar-refractivity contribution in [3.63, 3.8) is 0 Å². The number of halogens is 1. The summed E-state index contributed by atoms with van der Waals surface area (Å²) in [6, 6.07) is 13.7. The second-order valence-corrected chi connectivity index (χ2v) is 6.80. The van der Waals surface area contributed by atoms with Crippen molar-refractivity contribution in [2.75, 3.05) is 38.2 Å². The zero-order valence-electron chi connectivity index (χ0n) is 14.0. The van der Waals surface area contributed by atoms with Crippen LogP contribution in [0.3, 0.4) is 0 Å². The number of carbonyl (C=O) groups excluding carboxylic acids is 1. The summed E-state index contributed by atoms with van der Waals surface area (Å²) in [6.07, 6.45) is 0. The molecule has 126 valence electrons. The highest BCUT2D eigenvalue weighted by molar-refractivity contribution is 9.10. The molecule has 5 heteroatoms. The quantitative estimate of drug-likeness (QED) is 0.802. The van der Waals surface area contributed by atoms with Crippen molar-refractivity contribution in [3.05, 3.63) is 58.1 Å². The molecule has 0 aliphatic carbocycles. The Balaban J connectivity index is 1.65. The van der Waals surface area contributed by atoms with Crippen LogP contribution in [0.1, 0.15) is 15.9 Å². The lowest BCUT2D eigenvalue weighted by Gasteiger charge is -2.36. The van der Waals surface area contributed by atoms with Crippen molar-refractivity contribution >= 4 is 27.5 Å². The number of methoxy groups -OCH3 is 1. The summed E-state index contributed by atoms with van der Waals surface area (Å²) in [5.41, 5.74) is 3.12. The molecule has 1 saturated heterocycles. The van der Waals surface area contributed by atoms with Gasteiger partial charge in [-0.3, -0.25) is 4.79 Å². The van der Waals surface area contributed by atoms with Crippen LogP contribution in [-0.4, -0.2) is 44.1 Å². The Morgan fingerprint density at radius 1 is 1.08 bits per heavy atom. The summed E-state index contributed by atoms with van der Waals surface area (Å²) in [5.74, 6) is 0.783. The number of nitrogens with zero attached hydrogens (tertiary/aromatic N) is 2. The van der Waals surface area contributed by atoms with Crippen molar-refractivity contribution < 1.29 is 9.53 Å². The third-order valence-electron chi connectivity index (χ3n) is 4.39. The van der Waals surface area contributed by atoms with Crippen LogP contribution >= 0.6 is 15.9 Å². The molecule has 0 radical (unpaired) electrons. The van der Waals surface area contributed by atoms with Gasteiger partial charge in [0.1, 0.15) is 5.75 Å². The molecule has 2 aromatic carbocycles. The van der Waals surface area contributed by atoms with Crippen LogP contribution in [0.25, 0.3) is 0 Å². The number of carbonyl (C=O) groups is 1. The largest absolute Gasteiger partial charge is 0.497 e. The fourth-order valence-electron chi connectivity index (χ4n) is 2.93. The number of ether oxygens (including phenoxy) is 1. The highest BCUT2D eigenvalue weighted by Gasteiger charge is 2.22. The van der Waals surface area contributed by atoms with Gasteiger partial charge in [-0.1, -0.05) is 22.0 Å². The predicted octanol–water partition coefficient (Wildman–Crippen LogP) is 3.73. The van der Waals surface area contributed by atoms with Crippen LogP contribution < -0.4 is 9.64 Å². The number of hydrogen-bond acceptors (Lipinski definition) is 3. The van der Waals surface area contributed by atoms with Gasteiger partial charge in [0.25, 0.3) is 5.91 Å². The van der Waals surface area contributed by atoms with Crippen molar-refractivity contribution in [3.8, 4) is 5.75 Å². The highest BCUT2D eigenvalue weighted by atomic mass is 79.9. The SMILES string of the molecule is COc1cccc(C(=O)N2CCN(c3ccc(Br)c(C)c3)CC2)c1. The summed E-state index contributed by atoms with van der Waals surface area (Å²) >= 11 is 3.54. The summed E-state index contributed by atoms with van der Waals surface area (Å²) in [7, 11) is 1.61. The molecule has 3 rings (SSSR count). The minimum Gasteiger partial charge on any atom is -0.497 e. The molecule has 0 N–H and O–H groups in total. The van der Waals surface area contributed by atoms with E-state index in [4.69, 9.17) is 4.74 Å². The third-order valence-corrected chi connectivity index (χ3v) is 5.28. The molecule has 1 aliphatic rings. The normalized spacial score (nSPS) is 14.6. The minimum absolute atomic E-state index is 0.0699. The molecule has 4 nitrogen and oxygen atoms in total. The number of anilines is 1. The Labute approximate surface area is 151 Å². The topological polar surface area (TPSA) is 32.8 Å². The number of aryl methyl sites for hydroxylation is 1. The van der Waals surface area contributed by atoms with E-state index in [0.29, 0.717) is 11.3 Å². The molecule has 0 saturated carbocycles. The van der Waals surface area contributed by atoms with Crippen LogP contribution in [0.15, 0.2) is 46.9 Å². The average molecular weight is 389 g/mol. The third kappa shape index (κ3) is 3.56. The van der Waals surface area contributed by atoms with E-state index in [1.165, 1.54) is 11.3 Å². The first kappa shape index (κ1) is 16.8. The molecule has 0 spiro atoms. The molecule has 1 fully saturated rings. The first-order chi connectivity index (χ1) is 11.6. The smallest absolute Gasteiger partial charge is 0.254 e. The van der Waals surface area contributed by atoms with Gasteiger partial charge in [-0.25, -0.2) is 0 Å². The van der Waals surface area contributed by atoms with Gasteiger partial charge in [0, 0.05) is 41.9 Å². The van der Waals surface area contributed by atoms with Crippen LogP contribution in [-0.2, 0) is 0 Å². The van der Waals surface area contributed by atoms with Gasteiger partial charge >= 0.3 is 0 Å². The van der Waals surface area contributed by atoms with E-state index in [1.807, 2.05) is 23.1 Å². The lowest BCUT2D eigenvalue weighted by molar-refractivity contribution is 0.0746. The summed E-state index contributed by atoms with van der Waals surface area (Å²) in [5, 5.41) is 0. The second-order valence-electron chi connectivity index (χ2n) is 5.94. The number of amides is 1. The molecule has 1 heterocycles. The number of benzene rings is 2. The van der Waals surface area contributed by atoms with E-state index >= 15 is 0 Å². The number of hydrogen-bond donors (Lipinski definition) is 0. The first-order valence-corrected chi connectivity index (χ1v) is 8.82. The number of rotatable bonds is 3. The maximum absolute atomic E-state index is 12.7. The molecule has 0 aromatic heterocycles. The lowest BCUT2D eigenvalue weighted by atomic mass is 10.1. The maximum atomic E-state index is 12.7. The second kappa shape index (κ2) is 7.26. The molecule has 1 aliphatic heterocycles. The standard InChI is InChI=1S/C19H21BrN2O2/c1-14-12-16(6-7-18(14)20)21-8-10-22(11-9-21)19(23)15-4-3-5-17(13-15)24-2/h3-7,12-13H,8-11H2,1-2H3. The van der Waals surface area contributed by atoms with E-state index in [1.54, 1.807) is 13.2 Å². The molecule has 24 heavy (non-hydrogen) atoms. The van der Waals surface area contributed by atoms with Gasteiger partial charge in [0.15, 0.2) is 0 Å². The van der Waals surface area contributed by atoms with Crippen molar-refractivity contribution in [2.45, 2.75) is 6.92 Å². The predicted molar refractivity (Wildman–Crippen MR) is 100.0 cm³/mol. The monoisotopic (exact) mass is 388 g/mol. The van der Waals surface area contributed by atoms with Gasteiger partial charge in [0.2, 0.25) is 0 Å². The minimum atomic E-state index is 0.0699. The van der Waals surface area contributed by atoms with Crippen LogP contribution in [0.5, 0.6) is 5.75 Å². The summed E-state index contributed by atoms with van der Waals surface area (Å²) < 4.78 is 6.33. The van der Waals surface area contributed by atoms with E-state index in [9.17, 15) is 4.79 Å². The average Bonchev–Trinajstić information content (AvgIpc) is 2.63. The Kier molecular flexibility index (Phi) is 5.09. The Bertz CT molecular complexity index is 740. The fourth-order valence-corrected chi connectivity index (χ4v) is 3.18. The zero-order valence-corrected chi connectivity index (χ0v) is 15.5. The first-order valence-electron chi connectivity index (χ1n) is 8.03. The summed E-state index contributed by atoms with van der Waals surface area (Å²) in [4.78, 5) is 16.9. The van der Waals surface area contributed by atoms with E-state index in [-0.39, 0.29) is 5.91 Å². The van der Waals surface area contributed by atoms with Crippen molar-refractivity contribution in [1.29, 1.82) is 0 Å². The van der Waals surface area contributed by atoms with Crippen LogP contribution in [0.4, 0.5) is 5.69 Å². The maximum Gasteiger partial charge on any atom is 0.254 e. The highest BCUT2D eigenvalue weighted by Crippen LogP contribution is 2.24. The van der Waals surface area contributed by atoms with E-state index in [0.717, 1.165) is 30.7 Å². The molecule has 1 amide bonds. The van der Waals surface area contributed by atoms with Crippen molar-refractivity contribution in [2.24, 2.45) is 0 Å². The molecular weight excluding hydrogens is 368 g/mol. The lowest BCUT2D eigenvalue weighted by Crippen LogP contribution is -2.48. The zero-order chi connectivity index (χ0) is 17.1. The molecule has 2 aromatic rings. The number of piperazine rings is 1.